The Kier molecular flexibility index (Phi) is 3.54. The highest BCUT2D eigenvalue weighted by Crippen LogP contribution is 2.30. The molecule has 0 amide bonds. The summed E-state index contributed by atoms with van der Waals surface area (Å²) in [5.41, 5.74) is 1.28. The number of methoxy groups -OCH3 is 1. The van der Waals surface area contributed by atoms with Gasteiger partial charge in [0.25, 0.3) is 0 Å². The molecule has 0 aliphatic heterocycles. The molecule has 82 valence electrons. The third kappa shape index (κ3) is 3.14. The first-order valence-corrected chi connectivity index (χ1v) is 6.29. The van der Waals surface area contributed by atoms with Crippen LogP contribution in [0.3, 0.4) is 0 Å². The number of ether oxygens (including phenoxy) is 1. The predicted octanol–water partition coefficient (Wildman–Crippen LogP) is 2.81. The van der Waals surface area contributed by atoms with Crippen molar-refractivity contribution in [1.82, 2.24) is 5.32 Å². The molecule has 0 unspecified atom stereocenters. The summed E-state index contributed by atoms with van der Waals surface area (Å²) in [6.07, 6.45) is 2.68. The molecule has 2 nitrogen and oxygen atoms in total. The molecule has 1 N–H and O–H groups in total. The van der Waals surface area contributed by atoms with E-state index >= 15 is 0 Å². The average molecular weight is 223 g/mol. The van der Waals surface area contributed by atoms with Gasteiger partial charge in [0.15, 0.2) is 0 Å². The molecule has 1 aliphatic carbocycles. The molecule has 1 saturated carbocycles. The Labute approximate surface area is 95.4 Å². The Hall–Kier alpha value is -0.670. The maximum Gasteiger partial charge on any atom is 0.132 e. The van der Waals surface area contributed by atoms with Crippen LogP contribution in [0.25, 0.3) is 0 Å². The molecule has 15 heavy (non-hydrogen) atoms. The van der Waals surface area contributed by atoms with Crippen LogP contribution in [0.15, 0.2) is 23.1 Å². The standard InChI is InChI=1S/C12H17NOS/c1-9-3-6-11(14-2)12(7-9)15-8-13-10-4-5-10/h3,6-7,10,13H,4-5,8H2,1-2H3. The summed E-state index contributed by atoms with van der Waals surface area (Å²) in [5.74, 6) is 1.95. The van der Waals surface area contributed by atoms with Gasteiger partial charge in [0.2, 0.25) is 0 Å². The molecule has 0 spiro atoms. The van der Waals surface area contributed by atoms with E-state index in [4.69, 9.17) is 4.74 Å². The molecule has 0 heterocycles. The number of thioether (sulfide) groups is 1. The van der Waals surface area contributed by atoms with Gasteiger partial charge in [-0.25, -0.2) is 0 Å². The van der Waals surface area contributed by atoms with Crippen molar-refractivity contribution in [3.63, 3.8) is 0 Å². The Balaban J connectivity index is 1.94. The average Bonchev–Trinajstić information content (AvgIpc) is 3.02. The Morgan fingerprint density at radius 1 is 1.47 bits per heavy atom. The number of hydrogen-bond acceptors (Lipinski definition) is 3. The Bertz CT molecular complexity index is 336. The van der Waals surface area contributed by atoms with Gasteiger partial charge in [-0.3, -0.25) is 0 Å². The highest BCUT2D eigenvalue weighted by molar-refractivity contribution is 7.99. The van der Waals surface area contributed by atoms with Crippen LogP contribution < -0.4 is 10.1 Å². The van der Waals surface area contributed by atoms with E-state index in [0.717, 1.165) is 17.7 Å². The number of rotatable bonds is 5. The van der Waals surface area contributed by atoms with E-state index < -0.39 is 0 Å². The molecule has 0 radical (unpaired) electrons. The molecular formula is C12H17NOS. The lowest BCUT2D eigenvalue weighted by molar-refractivity contribution is 0.404. The van der Waals surface area contributed by atoms with Crippen LogP contribution in [0.5, 0.6) is 5.75 Å². The number of aryl methyl sites for hydroxylation is 1. The topological polar surface area (TPSA) is 21.3 Å². The summed E-state index contributed by atoms with van der Waals surface area (Å²) in [4.78, 5) is 1.23. The van der Waals surface area contributed by atoms with Crippen molar-refractivity contribution in [2.24, 2.45) is 0 Å². The van der Waals surface area contributed by atoms with Gasteiger partial charge in [-0.2, -0.15) is 0 Å². The van der Waals surface area contributed by atoms with E-state index in [1.165, 1.54) is 23.3 Å². The second-order valence-electron chi connectivity index (χ2n) is 3.92. The summed E-state index contributed by atoms with van der Waals surface area (Å²) in [6, 6.07) is 7.07. The van der Waals surface area contributed by atoms with Crippen molar-refractivity contribution in [1.29, 1.82) is 0 Å². The fourth-order valence-corrected chi connectivity index (χ4v) is 2.46. The molecule has 3 heteroatoms. The van der Waals surface area contributed by atoms with Crippen molar-refractivity contribution < 1.29 is 4.74 Å². The van der Waals surface area contributed by atoms with Crippen molar-refractivity contribution in [3.05, 3.63) is 23.8 Å². The monoisotopic (exact) mass is 223 g/mol. The van der Waals surface area contributed by atoms with Crippen LogP contribution in [0.2, 0.25) is 0 Å². The predicted molar refractivity (Wildman–Crippen MR) is 64.6 cm³/mol. The first kappa shape index (κ1) is 10.8. The van der Waals surface area contributed by atoms with Crippen LogP contribution in [-0.4, -0.2) is 19.0 Å². The Morgan fingerprint density at radius 2 is 2.27 bits per heavy atom. The highest BCUT2D eigenvalue weighted by Gasteiger charge is 2.19. The number of benzene rings is 1. The molecule has 0 aromatic heterocycles. The van der Waals surface area contributed by atoms with Gasteiger partial charge in [-0.05, 0) is 37.5 Å². The molecule has 2 rings (SSSR count). The zero-order valence-electron chi connectivity index (χ0n) is 9.25. The molecular weight excluding hydrogens is 206 g/mol. The van der Waals surface area contributed by atoms with E-state index in [9.17, 15) is 0 Å². The zero-order chi connectivity index (χ0) is 10.7. The number of hydrogen-bond donors (Lipinski definition) is 1. The Morgan fingerprint density at radius 3 is 2.93 bits per heavy atom. The quantitative estimate of drug-likeness (QED) is 0.612. The lowest BCUT2D eigenvalue weighted by Crippen LogP contribution is -2.14. The van der Waals surface area contributed by atoms with Crippen LogP contribution >= 0.6 is 11.8 Å². The summed E-state index contributed by atoms with van der Waals surface area (Å²) >= 11 is 1.82. The molecule has 0 saturated heterocycles. The van der Waals surface area contributed by atoms with Crippen molar-refractivity contribution in [2.75, 3.05) is 13.0 Å². The second-order valence-corrected chi connectivity index (χ2v) is 4.94. The first-order chi connectivity index (χ1) is 7.29. The van der Waals surface area contributed by atoms with Gasteiger partial charge in [-0.15, -0.1) is 11.8 Å². The smallest absolute Gasteiger partial charge is 0.132 e. The SMILES string of the molecule is COc1ccc(C)cc1SCNC1CC1. The normalized spacial score (nSPS) is 15.3. The summed E-state index contributed by atoms with van der Waals surface area (Å²) in [5, 5.41) is 3.48. The van der Waals surface area contributed by atoms with Crippen molar-refractivity contribution in [2.45, 2.75) is 30.7 Å². The minimum Gasteiger partial charge on any atom is -0.496 e. The maximum absolute atomic E-state index is 5.32. The molecule has 1 aromatic carbocycles. The van der Waals surface area contributed by atoms with Gasteiger partial charge in [0.05, 0.1) is 12.0 Å². The van der Waals surface area contributed by atoms with Crippen LogP contribution in [-0.2, 0) is 0 Å². The lowest BCUT2D eigenvalue weighted by Gasteiger charge is -2.09. The third-order valence-corrected chi connectivity index (χ3v) is 3.44. The molecule has 1 aliphatic rings. The summed E-state index contributed by atoms with van der Waals surface area (Å²) < 4.78 is 5.32. The fourth-order valence-electron chi connectivity index (χ4n) is 1.42. The minimum atomic E-state index is 0.772. The van der Waals surface area contributed by atoms with Gasteiger partial charge in [-0.1, -0.05) is 6.07 Å². The molecule has 0 bridgehead atoms. The van der Waals surface area contributed by atoms with E-state index in [1.807, 2.05) is 17.8 Å². The molecule has 0 atom stereocenters. The van der Waals surface area contributed by atoms with Crippen LogP contribution in [0, 0.1) is 6.92 Å². The van der Waals surface area contributed by atoms with E-state index in [-0.39, 0.29) is 0 Å². The van der Waals surface area contributed by atoms with Gasteiger partial charge >= 0.3 is 0 Å². The van der Waals surface area contributed by atoms with E-state index in [2.05, 4.69) is 24.4 Å². The lowest BCUT2D eigenvalue weighted by atomic mass is 10.2. The van der Waals surface area contributed by atoms with Crippen molar-refractivity contribution >= 4 is 11.8 Å². The summed E-state index contributed by atoms with van der Waals surface area (Å²) in [6.45, 7) is 2.11. The van der Waals surface area contributed by atoms with Gasteiger partial charge < -0.3 is 10.1 Å². The third-order valence-electron chi connectivity index (χ3n) is 2.50. The van der Waals surface area contributed by atoms with Gasteiger partial charge in [0, 0.05) is 11.9 Å². The first-order valence-electron chi connectivity index (χ1n) is 5.30. The minimum absolute atomic E-state index is 0.772. The number of nitrogens with one attached hydrogen (secondary N) is 1. The second kappa shape index (κ2) is 4.90. The maximum atomic E-state index is 5.32. The molecule has 1 aromatic rings. The van der Waals surface area contributed by atoms with Crippen molar-refractivity contribution in [3.8, 4) is 5.75 Å². The summed E-state index contributed by atoms with van der Waals surface area (Å²) in [7, 11) is 1.73. The highest BCUT2D eigenvalue weighted by atomic mass is 32.2. The largest absolute Gasteiger partial charge is 0.496 e. The molecule has 1 fully saturated rings. The fraction of sp³-hybridized carbons (Fsp3) is 0.500. The van der Waals surface area contributed by atoms with Gasteiger partial charge in [0.1, 0.15) is 5.75 Å². The van der Waals surface area contributed by atoms with Crippen LogP contribution in [0.1, 0.15) is 18.4 Å². The van der Waals surface area contributed by atoms with Crippen LogP contribution in [0.4, 0.5) is 0 Å². The zero-order valence-corrected chi connectivity index (χ0v) is 10.1. The van der Waals surface area contributed by atoms with E-state index in [0.29, 0.717) is 0 Å². The van der Waals surface area contributed by atoms with E-state index in [1.54, 1.807) is 7.11 Å².